The van der Waals surface area contributed by atoms with Crippen LogP contribution in [0, 0.1) is 11.8 Å². The maximum Gasteiger partial charge on any atom is 0.334 e. The summed E-state index contributed by atoms with van der Waals surface area (Å²) < 4.78 is 4.77. The average molecular weight is 274 g/mol. The summed E-state index contributed by atoms with van der Waals surface area (Å²) >= 11 is 0. The van der Waals surface area contributed by atoms with Gasteiger partial charge in [-0.2, -0.15) is 0 Å². The fourth-order valence-electron chi connectivity index (χ4n) is 1.69. The molecule has 0 heterocycles. The molecule has 0 saturated carbocycles. The van der Waals surface area contributed by atoms with Crippen LogP contribution in [0.4, 0.5) is 4.79 Å². The minimum atomic E-state index is -1.08. The summed E-state index contributed by atoms with van der Waals surface area (Å²) in [5.74, 6) is -0.355. The Kier molecular flexibility index (Phi) is 8.14. The van der Waals surface area contributed by atoms with Crippen molar-refractivity contribution in [3.63, 3.8) is 0 Å². The number of ether oxygens (including phenoxy) is 1. The predicted octanol–water partition coefficient (Wildman–Crippen LogP) is 1.41. The molecule has 0 radical (unpaired) electrons. The maximum atomic E-state index is 12.0. The van der Waals surface area contributed by atoms with Gasteiger partial charge >= 0.3 is 12.0 Å². The summed E-state index contributed by atoms with van der Waals surface area (Å²) in [5, 5.41) is 11.4. The second-order valence-electron chi connectivity index (χ2n) is 5.44. The van der Waals surface area contributed by atoms with E-state index in [0.717, 1.165) is 0 Å². The quantitative estimate of drug-likeness (QED) is 0.701. The third kappa shape index (κ3) is 7.66. The van der Waals surface area contributed by atoms with Gasteiger partial charge in [-0.1, -0.05) is 27.7 Å². The van der Waals surface area contributed by atoms with Crippen molar-refractivity contribution >= 4 is 12.0 Å². The van der Waals surface area contributed by atoms with Crippen LogP contribution in [0.15, 0.2) is 0 Å². The number of nitrogens with one attached hydrogen (secondary N) is 1. The van der Waals surface area contributed by atoms with Gasteiger partial charge in [0.15, 0.2) is 6.10 Å². The number of carboxylic acid groups (broad SMARTS) is 1. The van der Waals surface area contributed by atoms with Gasteiger partial charge in [-0.25, -0.2) is 9.59 Å². The highest BCUT2D eigenvalue weighted by Crippen LogP contribution is 2.04. The topological polar surface area (TPSA) is 78.9 Å². The lowest BCUT2D eigenvalue weighted by molar-refractivity contribution is -0.148. The first-order chi connectivity index (χ1) is 8.77. The summed E-state index contributed by atoms with van der Waals surface area (Å²) in [6, 6.07) is -0.245. The molecule has 0 aromatic rings. The van der Waals surface area contributed by atoms with Gasteiger partial charge in [-0.3, -0.25) is 0 Å². The minimum absolute atomic E-state index is 0.0304. The Morgan fingerprint density at radius 1 is 1.16 bits per heavy atom. The summed E-state index contributed by atoms with van der Waals surface area (Å²) in [5.41, 5.74) is 0. The van der Waals surface area contributed by atoms with Gasteiger partial charge in [0.1, 0.15) is 0 Å². The highest BCUT2D eigenvalue weighted by molar-refractivity contribution is 5.77. The van der Waals surface area contributed by atoms with Gasteiger partial charge in [0.2, 0.25) is 0 Å². The van der Waals surface area contributed by atoms with E-state index in [4.69, 9.17) is 9.84 Å². The van der Waals surface area contributed by atoms with Gasteiger partial charge in [-0.05, 0) is 11.8 Å². The third-order valence-electron chi connectivity index (χ3n) is 2.46. The van der Waals surface area contributed by atoms with Crippen LogP contribution in [0.5, 0.6) is 0 Å². The molecule has 0 aliphatic carbocycles. The van der Waals surface area contributed by atoms with Crippen LogP contribution in [0.1, 0.15) is 27.7 Å². The number of rotatable bonds is 8. The van der Waals surface area contributed by atoms with Crippen molar-refractivity contribution in [2.75, 3.05) is 26.7 Å². The first-order valence-corrected chi connectivity index (χ1v) is 6.56. The smallest absolute Gasteiger partial charge is 0.334 e. The minimum Gasteiger partial charge on any atom is -0.479 e. The molecular weight excluding hydrogens is 248 g/mol. The lowest BCUT2D eigenvalue weighted by Gasteiger charge is -2.27. The molecule has 2 amide bonds. The van der Waals surface area contributed by atoms with Gasteiger partial charge < -0.3 is 20.1 Å². The standard InChI is InChI=1S/C13H26N2O4/c1-9(2)7-15(8-10(3)4)13(18)14-6-11(19-5)12(16)17/h9-11H,6-8H2,1-5H3,(H,14,18)(H,16,17). The van der Waals surface area contributed by atoms with E-state index in [1.165, 1.54) is 7.11 Å². The van der Waals surface area contributed by atoms with Crippen LogP contribution < -0.4 is 5.32 Å². The zero-order valence-electron chi connectivity index (χ0n) is 12.5. The number of carboxylic acids is 1. The van der Waals surface area contributed by atoms with Crippen molar-refractivity contribution in [2.45, 2.75) is 33.8 Å². The molecule has 19 heavy (non-hydrogen) atoms. The van der Waals surface area contributed by atoms with Crippen molar-refractivity contribution in [1.82, 2.24) is 10.2 Å². The molecule has 0 spiro atoms. The summed E-state index contributed by atoms with van der Waals surface area (Å²) in [6.07, 6.45) is -1.01. The van der Waals surface area contributed by atoms with Crippen LogP contribution in [0.25, 0.3) is 0 Å². The molecular formula is C13H26N2O4. The number of methoxy groups -OCH3 is 1. The van der Waals surface area contributed by atoms with E-state index in [1.807, 2.05) is 27.7 Å². The molecule has 2 N–H and O–H groups in total. The van der Waals surface area contributed by atoms with Crippen molar-refractivity contribution in [1.29, 1.82) is 0 Å². The molecule has 0 aliphatic rings. The number of hydrogen-bond donors (Lipinski definition) is 2. The fraction of sp³-hybridized carbons (Fsp3) is 0.846. The first kappa shape index (κ1) is 17.7. The molecule has 0 rings (SSSR count). The molecule has 112 valence electrons. The molecule has 6 nitrogen and oxygen atoms in total. The molecule has 6 heteroatoms. The van der Waals surface area contributed by atoms with E-state index < -0.39 is 12.1 Å². The Bertz CT molecular complexity index is 282. The van der Waals surface area contributed by atoms with Gasteiger partial charge in [0.05, 0.1) is 6.54 Å². The Hall–Kier alpha value is -1.30. The third-order valence-corrected chi connectivity index (χ3v) is 2.46. The predicted molar refractivity (Wildman–Crippen MR) is 73.1 cm³/mol. The summed E-state index contributed by atoms with van der Waals surface area (Å²) in [4.78, 5) is 24.5. The second-order valence-corrected chi connectivity index (χ2v) is 5.44. The van der Waals surface area contributed by atoms with Crippen molar-refractivity contribution in [3.8, 4) is 0 Å². The number of carbonyl (C=O) groups excluding carboxylic acids is 1. The zero-order chi connectivity index (χ0) is 15.0. The monoisotopic (exact) mass is 274 g/mol. The second kappa shape index (κ2) is 8.74. The molecule has 0 aromatic carbocycles. The van der Waals surface area contributed by atoms with E-state index in [-0.39, 0.29) is 12.6 Å². The zero-order valence-corrected chi connectivity index (χ0v) is 12.5. The Morgan fingerprint density at radius 3 is 1.95 bits per heavy atom. The number of nitrogens with zero attached hydrogens (tertiary/aromatic N) is 1. The number of urea groups is 1. The van der Waals surface area contributed by atoms with Crippen LogP contribution in [0.2, 0.25) is 0 Å². The first-order valence-electron chi connectivity index (χ1n) is 6.56. The van der Waals surface area contributed by atoms with E-state index in [1.54, 1.807) is 4.90 Å². The summed E-state index contributed by atoms with van der Waals surface area (Å²) in [7, 11) is 1.31. The van der Waals surface area contributed by atoms with Crippen LogP contribution in [-0.2, 0) is 9.53 Å². The molecule has 1 unspecified atom stereocenters. The Balaban J connectivity index is 4.42. The molecule has 0 aromatic heterocycles. The van der Waals surface area contributed by atoms with Crippen molar-refractivity contribution < 1.29 is 19.4 Å². The number of aliphatic carboxylic acids is 1. The highest BCUT2D eigenvalue weighted by atomic mass is 16.5. The SMILES string of the molecule is COC(CNC(=O)N(CC(C)C)CC(C)C)C(=O)O. The van der Waals surface area contributed by atoms with Crippen LogP contribution in [-0.4, -0.2) is 54.9 Å². The van der Waals surface area contributed by atoms with Crippen LogP contribution in [0.3, 0.4) is 0 Å². The molecule has 0 fully saturated rings. The van der Waals surface area contributed by atoms with Crippen molar-refractivity contribution in [3.05, 3.63) is 0 Å². The van der Waals surface area contributed by atoms with Crippen molar-refractivity contribution in [2.24, 2.45) is 11.8 Å². The normalized spacial score (nSPS) is 12.6. The highest BCUT2D eigenvalue weighted by Gasteiger charge is 2.20. The molecule has 0 saturated heterocycles. The van der Waals surface area contributed by atoms with Gasteiger partial charge in [-0.15, -0.1) is 0 Å². The maximum absolute atomic E-state index is 12.0. The number of carbonyl (C=O) groups is 2. The average Bonchev–Trinajstić information content (AvgIpc) is 2.26. The number of hydrogen-bond acceptors (Lipinski definition) is 3. The largest absolute Gasteiger partial charge is 0.479 e. The van der Waals surface area contributed by atoms with Gasteiger partial charge in [0.25, 0.3) is 0 Å². The van der Waals surface area contributed by atoms with E-state index in [0.29, 0.717) is 24.9 Å². The molecule has 0 aliphatic heterocycles. The van der Waals surface area contributed by atoms with Gasteiger partial charge in [0, 0.05) is 20.2 Å². The van der Waals surface area contributed by atoms with E-state index in [2.05, 4.69) is 5.32 Å². The number of amides is 2. The fourth-order valence-corrected chi connectivity index (χ4v) is 1.69. The molecule has 1 atom stereocenters. The Labute approximate surface area is 115 Å². The lowest BCUT2D eigenvalue weighted by atomic mass is 10.1. The Morgan fingerprint density at radius 2 is 1.63 bits per heavy atom. The summed E-state index contributed by atoms with van der Waals surface area (Å²) in [6.45, 7) is 9.41. The molecule has 0 bridgehead atoms. The van der Waals surface area contributed by atoms with E-state index in [9.17, 15) is 9.59 Å². The van der Waals surface area contributed by atoms with Crippen LogP contribution >= 0.6 is 0 Å². The lowest BCUT2D eigenvalue weighted by Crippen LogP contribution is -2.47. The van der Waals surface area contributed by atoms with E-state index >= 15 is 0 Å².